The van der Waals surface area contributed by atoms with Gasteiger partial charge in [0.05, 0.1) is 0 Å². The number of nitrogens with zero attached hydrogens (tertiary/aromatic N) is 2. The summed E-state index contributed by atoms with van der Waals surface area (Å²) < 4.78 is 4.87. The summed E-state index contributed by atoms with van der Waals surface area (Å²) in [6.07, 6.45) is 17.2. The van der Waals surface area contributed by atoms with Gasteiger partial charge in [-0.3, -0.25) is 0 Å². The third kappa shape index (κ3) is 3.28. The number of aromatic nitrogens is 1. The van der Waals surface area contributed by atoms with E-state index in [0.29, 0.717) is 9.97 Å². The third-order valence-electron chi connectivity index (χ3n) is 6.05. The molecule has 6 rings (SSSR count). The van der Waals surface area contributed by atoms with Gasteiger partial charge in [-0.15, -0.1) is 0 Å². The topological polar surface area (TPSA) is 16.1 Å². The van der Waals surface area contributed by atoms with Crippen molar-refractivity contribution in [2.24, 2.45) is 0 Å². The van der Waals surface area contributed by atoms with Crippen LogP contribution in [0.4, 0.5) is 0 Å². The second-order valence-corrected chi connectivity index (χ2v) is 13.3. The molecule has 1 aliphatic carbocycles. The molecule has 152 valence electrons. The first-order valence-corrected chi connectivity index (χ1v) is 14.0. The molecule has 0 spiro atoms. The van der Waals surface area contributed by atoms with E-state index in [1.807, 2.05) is 12.3 Å². The molecular weight excluding hydrogens is 491 g/mol. The average molecular weight is 514 g/mol. The molecule has 2 aromatic carbocycles. The maximum atomic E-state index is 4.70. The van der Waals surface area contributed by atoms with Gasteiger partial charge in [0.2, 0.25) is 0 Å². The minimum atomic E-state index is -1.78. The van der Waals surface area contributed by atoms with E-state index in [4.69, 9.17) is 4.98 Å². The van der Waals surface area contributed by atoms with Gasteiger partial charge in [0.25, 0.3) is 0 Å². The SMILES string of the molecule is C1=CCC2C(=C1)C1C=CC(c3ccccc3)=CN1I2c1ccccc1-c1ccccn1. The van der Waals surface area contributed by atoms with Crippen molar-refractivity contribution < 1.29 is 0 Å². The van der Waals surface area contributed by atoms with Crippen molar-refractivity contribution in [3.8, 4) is 11.3 Å². The summed E-state index contributed by atoms with van der Waals surface area (Å²) >= 11 is -1.78. The Morgan fingerprint density at radius 2 is 1.74 bits per heavy atom. The molecule has 1 fully saturated rings. The molecule has 2 nitrogen and oxygen atoms in total. The molecule has 0 radical (unpaired) electrons. The van der Waals surface area contributed by atoms with Crippen LogP contribution in [0.1, 0.15) is 12.0 Å². The first-order valence-electron chi connectivity index (χ1n) is 10.7. The van der Waals surface area contributed by atoms with Crippen LogP contribution in [0.5, 0.6) is 0 Å². The van der Waals surface area contributed by atoms with Gasteiger partial charge in [-0.2, -0.15) is 0 Å². The molecule has 3 heterocycles. The van der Waals surface area contributed by atoms with Crippen LogP contribution in [0.15, 0.2) is 121 Å². The predicted molar refractivity (Wildman–Crippen MR) is 137 cm³/mol. The summed E-state index contributed by atoms with van der Waals surface area (Å²) in [7, 11) is 0. The average Bonchev–Trinajstić information content (AvgIpc) is 3.19. The summed E-state index contributed by atoms with van der Waals surface area (Å²) in [6, 6.07) is 26.3. The number of hydrogen-bond donors (Lipinski definition) is 0. The molecule has 1 saturated heterocycles. The van der Waals surface area contributed by atoms with Gasteiger partial charge in [-0.1, -0.05) is 0 Å². The second-order valence-electron chi connectivity index (χ2n) is 7.88. The van der Waals surface area contributed by atoms with Gasteiger partial charge in [-0.25, -0.2) is 0 Å². The summed E-state index contributed by atoms with van der Waals surface area (Å²) in [5.41, 5.74) is 6.56. The van der Waals surface area contributed by atoms with Crippen LogP contribution in [-0.4, -0.2) is 18.1 Å². The Morgan fingerprint density at radius 1 is 0.903 bits per heavy atom. The standard InChI is InChI=1S/C28H23IN2/c1-2-10-21(11-3-1)22-17-18-28-24-13-5-7-15-26(24)29(31(28)20-22)25-14-6-4-12-23(25)27-16-8-9-19-30-27/h1-14,16-20,26,28H,15H2. The molecular formula is C28H23IN2. The van der Waals surface area contributed by atoms with Crippen LogP contribution in [-0.2, 0) is 0 Å². The quantitative estimate of drug-likeness (QED) is 0.215. The zero-order chi connectivity index (χ0) is 20.6. The Labute approximate surface area is 191 Å². The van der Waals surface area contributed by atoms with Crippen LogP contribution < -0.4 is 0 Å². The Hall–Kier alpha value is -2.92. The van der Waals surface area contributed by atoms with Crippen LogP contribution in [0.2, 0.25) is 0 Å². The molecule has 0 N–H and O–H groups in total. The molecule has 3 aromatic rings. The summed E-state index contributed by atoms with van der Waals surface area (Å²) in [6.45, 7) is 0. The Balaban J connectivity index is 1.50. The van der Waals surface area contributed by atoms with Crippen LogP contribution in [0, 0.1) is 3.57 Å². The maximum absolute atomic E-state index is 4.70. The Morgan fingerprint density at radius 3 is 2.61 bits per heavy atom. The van der Waals surface area contributed by atoms with Crippen molar-refractivity contribution in [3.63, 3.8) is 0 Å². The van der Waals surface area contributed by atoms with E-state index in [-0.39, 0.29) is 0 Å². The van der Waals surface area contributed by atoms with Crippen molar-refractivity contribution >= 4 is 25.7 Å². The van der Waals surface area contributed by atoms with Gasteiger partial charge >= 0.3 is 192 Å². The number of pyridine rings is 1. The number of fused-ring (bicyclic) bond motifs is 3. The van der Waals surface area contributed by atoms with Gasteiger partial charge in [-0.05, 0) is 0 Å². The van der Waals surface area contributed by atoms with Gasteiger partial charge in [0.1, 0.15) is 0 Å². The van der Waals surface area contributed by atoms with Crippen molar-refractivity contribution in [2.45, 2.75) is 16.4 Å². The fourth-order valence-electron chi connectivity index (χ4n) is 4.60. The Kier molecular flexibility index (Phi) is 4.84. The van der Waals surface area contributed by atoms with E-state index in [1.165, 1.54) is 20.3 Å². The van der Waals surface area contributed by atoms with E-state index in [9.17, 15) is 0 Å². The molecule has 3 aliphatic rings. The zero-order valence-corrected chi connectivity index (χ0v) is 19.3. The first-order chi connectivity index (χ1) is 15.4. The van der Waals surface area contributed by atoms with Crippen molar-refractivity contribution in [3.05, 3.63) is 130 Å². The molecule has 2 aliphatic heterocycles. The van der Waals surface area contributed by atoms with E-state index < -0.39 is 20.1 Å². The number of benzene rings is 2. The van der Waals surface area contributed by atoms with Gasteiger partial charge in [0, 0.05) is 0 Å². The zero-order valence-electron chi connectivity index (χ0n) is 17.1. The van der Waals surface area contributed by atoms with E-state index in [1.54, 1.807) is 5.57 Å². The minimum absolute atomic E-state index is 0.379. The van der Waals surface area contributed by atoms with E-state index >= 15 is 0 Å². The molecule has 31 heavy (non-hydrogen) atoms. The summed E-state index contributed by atoms with van der Waals surface area (Å²) in [5, 5.41) is 0. The monoisotopic (exact) mass is 514 g/mol. The number of hydrogen-bond acceptors (Lipinski definition) is 2. The predicted octanol–water partition coefficient (Wildman–Crippen LogP) is 6.89. The van der Waals surface area contributed by atoms with Gasteiger partial charge < -0.3 is 0 Å². The van der Waals surface area contributed by atoms with Crippen molar-refractivity contribution in [2.75, 3.05) is 0 Å². The molecule has 0 amide bonds. The molecule has 0 bridgehead atoms. The first kappa shape index (κ1) is 18.8. The van der Waals surface area contributed by atoms with E-state index in [0.717, 1.165) is 12.1 Å². The van der Waals surface area contributed by atoms with Crippen molar-refractivity contribution in [1.29, 1.82) is 0 Å². The number of rotatable bonds is 3. The van der Waals surface area contributed by atoms with Gasteiger partial charge in [0.15, 0.2) is 0 Å². The Bertz CT molecular complexity index is 1220. The molecule has 2 unspecified atom stereocenters. The molecule has 0 saturated carbocycles. The van der Waals surface area contributed by atoms with Crippen LogP contribution >= 0.6 is 20.1 Å². The third-order valence-corrected chi connectivity index (χ3v) is 12.9. The van der Waals surface area contributed by atoms with Crippen LogP contribution in [0.25, 0.3) is 16.8 Å². The van der Waals surface area contributed by atoms with Crippen LogP contribution in [0.3, 0.4) is 0 Å². The van der Waals surface area contributed by atoms with Crippen molar-refractivity contribution in [1.82, 2.24) is 8.10 Å². The second kappa shape index (κ2) is 7.97. The fraction of sp³-hybridized carbons (Fsp3) is 0.107. The van der Waals surface area contributed by atoms with E-state index in [2.05, 4.69) is 106 Å². The molecule has 1 aromatic heterocycles. The number of alkyl halides is 1. The number of allylic oxidation sites excluding steroid dienone is 5. The summed E-state index contributed by atoms with van der Waals surface area (Å²) in [4.78, 5) is 4.70. The molecule has 3 heteroatoms. The number of halogens is 1. The molecule has 2 atom stereocenters. The fourth-order valence-corrected chi connectivity index (χ4v) is 12.2. The normalized spacial score (nSPS) is 22.6. The summed E-state index contributed by atoms with van der Waals surface area (Å²) in [5.74, 6) is 0.